The maximum absolute atomic E-state index is 10.3. The smallest absolute Gasteiger partial charge is 0.338 e. The van der Waals surface area contributed by atoms with Crippen LogP contribution in [-0.2, 0) is 4.84 Å². The van der Waals surface area contributed by atoms with Crippen molar-refractivity contribution in [3.05, 3.63) is 0 Å². The Hall–Kier alpha value is -0.480. The average molecular weight is 139 g/mol. The predicted octanol–water partition coefficient (Wildman–Crippen LogP) is 0.343. The summed E-state index contributed by atoms with van der Waals surface area (Å²) in [7, 11) is 2.75. The standard InChI is InChI=1S/C3H7ClN2O2/c1-5-3(7)6(4)8-2/h1-2H3,(H,5,7). The molecule has 1 N–H and O–H groups in total. The van der Waals surface area contributed by atoms with Crippen LogP contribution in [0.4, 0.5) is 4.79 Å². The van der Waals surface area contributed by atoms with Crippen LogP contribution < -0.4 is 5.32 Å². The first-order chi connectivity index (χ1) is 3.72. The Kier molecular flexibility index (Phi) is 3.30. The average Bonchev–Trinajstić information content (AvgIpc) is 1.84. The first-order valence-electron chi connectivity index (χ1n) is 1.94. The summed E-state index contributed by atoms with van der Waals surface area (Å²) >= 11 is 5.11. The molecule has 8 heavy (non-hydrogen) atoms. The third-order valence-electron chi connectivity index (χ3n) is 0.534. The van der Waals surface area contributed by atoms with Crippen molar-refractivity contribution in [1.82, 2.24) is 9.90 Å². The van der Waals surface area contributed by atoms with Gasteiger partial charge < -0.3 is 5.32 Å². The molecule has 0 aromatic heterocycles. The highest BCUT2D eigenvalue weighted by molar-refractivity contribution is 6.19. The lowest BCUT2D eigenvalue weighted by molar-refractivity contribution is -0.00852. The highest BCUT2D eigenvalue weighted by Gasteiger charge is 2.04. The summed E-state index contributed by atoms with van der Waals surface area (Å²) < 4.78 is 0.569. The van der Waals surface area contributed by atoms with Crippen molar-refractivity contribution in [2.45, 2.75) is 0 Å². The van der Waals surface area contributed by atoms with E-state index in [0.717, 1.165) is 0 Å². The summed E-state index contributed by atoms with van der Waals surface area (Å²) in [5, 5.41) is 2.25. The van der Waals surface area contributed by atoms with E-state index in [1.807, 2.05) is 0 Å². The van der Waals surface area contributed by atoms with E-state index in [-0.39, 0.29) is 0 Å². The first-order valence-corrected chi connectivity index (χ1v) is 2.28. The Labute approximate surface area is 52.4 Å². The highest BCUT2D eigenvalue weighted by atomic mass is 35.5. The van der Waals surface area contributed by atoms with Gasteiger partial charge in [0.15, 0.2) is 0 Å². The molecule has 0 rings (SSSR count). The van der Waals surface area contributed by atoms with Gasteiger partial charge in [0.1, 0.15) is 0 Å². The Morgan fingerprint density at radius 1 is 1.88 bits per heavy atom. The van der Waals surface area contributed by atoms with Crippen LogP contribution in [0.5, 0.6) is 0 Å². The SMILES string of the molecule is CNC(=O)N(Cl)OC. The first kappa shape index (κ1) is 7.52. The number of nitrogens with one attached hydrogen (secondary N) is 1. The lowest BCUT2D eigenvalue weighted by Gasteiger charge is -2.07. The van der Waals surface area contributed by atoms with Crippen LogP contribution in [0.25, 0.3) is 0 Å². The van der Waals surface area contributed by atoms with Crippen molar-refractivity contribution in [3.8, 4) is 0 Å². The minimum Gasteiger partial charge on any atom is -0.338 e. The third kappa shape index (κ3) is 1.99. The van der Waals surface area contributed by atoms with Crippen LogP contribution in [-0.4, -0.2) is 24.8 Å². The second kappa shape index (κ2) is 3.51. The van der Waals surface area contributed by atoms with E-state index in [1.165, 1.54) is 14.2 Å². The summed E-state index contributed by atoms with van der Waals surface area (Å²) in [6, 6.07) is -0.492. The third-order valence-corrected chi connectivity index (χ3v) is 0.825. The van der Waals surface area contributed by atoms with Gasteiger partial charge in [-0.2, -0.15) is 0 Å². The molecule has 0 saturated heterocycles. The largest absolute Gasteiger partial charge is 0.356 e. The van der Waals surface area contributed by atoms with Crippen molar-refractivity contribution in [2.24, 2.45) is 0 Å². The molecule has 0 atom stereocenters. The zero-order valence-electron chi connectivity index (χ0n) is 4.64. The van der Waals surface area contributed by atoms with Gasteiger partial charge in [0.05, 0.1) is 7.11 Å². The maximum atomic E-state index is 10.3. The van der Waals surface area contributed by atoms with Crippen LogP contribution >= 0.6 is 11.8 Å². The molecular formula is C3H7ClN2O2. The molecule has 0 aromatic carbocycles. The molecule has 0 fully saturated rings. The lowest BCUT2D eigenvalue weighted by atomic mass is 11.0. The van der Waals surface area contributed by atoms with Gasteiger partial charge in [-0.3, -0.25) is 4.84 Å². The summed E-state index contributed by atoms with van der Waals surface area (Å²) in [5.41, 5.74) is 0. The molecule has 0 aliphatic heterocycles. The zero-order chi connectivity index (χ0) is 6.57. The molecule has 0 radical (unpaired) electrons. The molecule has 48 valence electrons. The van der Waals surface area contributed by atoms with Crippen LogP contribution in [0.2, 0.25) is 0 Å². The fraction of sp³-hybridized carbons (Fsp3) is 0.667. The number of amides is 2. The Bertz CT molecular complexity index is 87.4. The highest BCUT2D eigenvalue weighted by Crippen LogP contribution is 1.91. The van der Waals surface area contributed by atoms with E-state index in [1.54, 1.807) is 0 Å². The number of hydrogen-bond donors (Lipinski definition) is 1. The van der Waals surface area contributed by atoms with Crippen molar-refractivity contribution in [1.29, 1.82) is 0 Å². The normalized spacial score (nSPS) is 8.38. The molecule has 0 aromatic rings. The molecule has 0 saturated carbocycles. The van der Waals surface area contributed by atoms with Crippen LogP contribution in [0, 0.1) is 0 Å². The van der Waals surface area contributed by atoms with Crippen molar-refractivity contribution in [2.75, 3.05) is 14.2 Å². The van der Waals surface area contributed by atoms with E-state index in [2.05, 4.69) is 10.2 Å². The monoisotopic (exact) mass is 138 g/mol. The number of nitrogens with zero attached hydrogens (tertiary/aromatic N) is 1. The van der Waals surface area contributed by atoms with Crippen LogP contribution in [0.1, 0.15) is 0 Å². The zero-order valence-corrected chi connectivity index (χ0v) is 5.40. The Morgan fingerprint density at radius 3 is 2.50 bits per heavy atom. The number of halogens is 1. The molecule has 2 amide bonds. The maximum Gasteiger partial charge on any atom is 0.356 e. The molecule has 0 aliphatic rings. The van der Waals surface area contributed by atoms with Gasteiger partial charge in [0.25, 0.3) is 0 Å². The Morgan fingerprint density at radius 2 is 2.38 bits per heavy atom. The fourth-order valence-electron chi connectivity index (χ4n) is 0.171. The molecule has 0 bridgehead atoms. The molecule has 0 unspecified atom stereocenters. The molecule has 4 nitrogen and oxygen atoms in total. The van der Waals surface area contributed by atoms with Crippen molar-refractivity contribution in [3.63, 3.8) is 0 Å². The molecule has 0 heterocycles. The molecular weight excluding hydrogens is 131 g/mol. The minimum atomic E-state index is -0.492. The number of rotatable bonds is 1. The van der Waals surface area contributed by atoms with Gasteiger partial charge in [-0.05, 0) is 0 Å². The van der Waals surface area contributed by atoms with Gasteiger partial charge in [0, 0.05) is 18.8 Å². The topological polar surface area (TPSA) is 41.6 Å². The van der Waals surface area contributed by atoms with Gasteiger partial charge in [-0.15, -0.1) is 4.58 Å². The number of hydroxylamine groups is 1. The van der Waals surface area contributed by atoms with Crippen LogP contribution in [0.15, 0.2) is 0 Å². The summed E-state index contributed by atoms with van der Waals surface area (Å²) in [6.07, 6.45) is 0. The summed E-state index contributed by atoms with van der Waals surface area (Å²) in [5.74, 6) is 0. The summed E-state index contributed by atoms with van der Waals surface area (Å²) in [6.45, 7) is 0. The van der Waals surface area contributed by atoms with E-state index < -0.39 is 6.03 Å². The van der Waals surface area contributed by atoms with Crippen LogP contribution in [0.3, 0.4) is 0 Å². The quantitative estimate of drug-likeness (QED) is 0.420. The van der Waals surface area contributed by atoms with E-state index in [0.29, 0.717) is 4.58 Å². The fourth-order valence-corrected chi connectivity index (χ4v) is 0.255. The molecule has 0 spiro atoms. The number of carbonyl (C=O) groups is 1. The second-order valence-corrected chi connectivity index (χ2v) is 1.29. The Balaban J connectivity index is 3.46. The number of urea groups is 1. The second-order valence-electron chi connectivity index (χ2n) is 0.983. The predicted molar refractivity (Wildman–Crippen MR) is 29.2 cm³/mol. The van der Waals surface area contributed by atoms with E-state index >= 15 is 0 Å². The van der Waals surface area contributed by atoms with Gasteiger partial charge in [-0.25, -0.2) is 4.79 Å². The van der Waals surface area contributed by atoms with E-state index in [4.69, 9.17) is 11.8 Å². The van der Waals surface area contributed by atoms with Crippen molar-refractivity contribution < 1.29 is 9.63 Å². The number of hydrogen-bond acceptors (Lipinski definition) is 2. The van der Waals surface area contributed by atoms with Gasteiger partial charge in [-0.1, -0.05) is 0 Å². The minimum absolute atomic E-state index is 0.492. The van der Waals surface area contributed by atoms with E-state index in [9.17, 15) is 4.79 Å². The van der Waals surface area contributed by atoms with Gasteiger partial charge >= 0.3 is 6.03 Å². The lowest BCUT2D eigenvalue weighted by Crippen LogP contribution is -2.29. The molecule has 5 heteroatoms. The molecule has 0 aliphatic carbocycles. The van der Waals surface area contributed by atoms with Gasteiger partial charge in [0.2, 0.25) is 0 Å². The van der Waals surface area contributed by atoms with Crippen molar-refractivity contribution >= 4 is 17.8 Å². The number of carbonyl (C=O) groups excluding carboxylic acids is 1. The summed E-state index contributed by atoms with van der Waals surface area (Å²) in [4.78, 5) is 14.6.